The van der Waals surface area contributed by atoms with Gasteiger partial charge in [-0.2, -0.15) is 0 Å². The summed E-state index contributed by atoms with van der Waals surface area (Å²) >= 11 is 0. The maximum Gasteiger partial charge on any atom is 0.341 e. The fraction of sp³-hybridized carbons (Fsp3) is 0.263. The van der Waals surface area contributed by atoms with Gasteiger partial charge in [-0.15, -0.1) is 0 Å². The van der Waals surface area contributed by atoms with Crippen molar-refractivity contribution in [3.63, 3.8) is 0 Å². The predicted octanol–water partition coefficient (Wildman–Crippen LogP) is 2.75. The lowest BCUT2D eigenvalue weighted by Crippen LogP contribution is -2.33. The molecule has 0 unspecified atom stereocenters. The summed E-state index contributed by atoms with van der Waals surface area (Å²) in [5.74, 6) is 0.694. The van der Waals surface area contributed by atoms with Crippen LogP contribution in [0.1, 0.15) is 16.7 Å². The minimum Gasteiger partial charge on any atom is -0.497 e. The maximum atomic E-state index is 12.4. The molecule has 0 N–H and O–H groups in total. The van der Waals surface area contributed by atoms with Gasteiger partial charge >= 0.3 is 5.63 Å². The summed E-state index contributed by atoms with van der Waals surface area (Å²) in [6, 6.07) is 9.65. The zero-order valence-corrected chi connectivity index (χ0v) is 13.5. The number of fused-ring (bicyclic) bond motifs is 3. The third kappa shape index (κ3) is 2.67. The van der Waals surface area contributed by atoms with Crippen molar-refractivity contribution in [1.29, 1.82) is 0 Å². The molecule has 0 atom stereocenters. The van der Waals surface area contributed by atoms with Crippen LogP contribution in [0.5, 0.6) is 5.75 Å². The Morgan fingerprint density at radius 3 is 3.00 bits per heavy atom. The standard InChI is InChI=1S/C19H18N2O3/c1-23-14-4-5-16-15-6-8-21(11-13-3-2-7-20-10-13)12-17(15)19(22)24-18(16)9-14/h2-5,7,9-10H,6,8,11-12H2,1H3. The molecule has 0 fully saturated rings. The van der Waals surface area contributed by atoms with Crippen LogP contribution in [0.25, 0.3) is 11.0 Å². The first-order valence-electron chi connectivity index (χ1n) is 7.98. The Morgan fingerprint density at radius 2 is 2.21 bits per heavy atom. The molecular weight excluding hydrogens is 304 g/mol. The third-order valence-electron chi connectivity index (χ3n) is 4.52. The average molecular weight is 322 g/mol. The van der Waals surface area contributed by atoms with E-state index in [9.17, 15) is 4.79 Å². The summed E-state index contributed by atoms with van der Waals surface area (Å²) in [5.41, 5.74) is 3.37. The lowest BCUT2D eigenvalue weighted by Gasteiger charge is -2.28. The molecule has 3 aromatic rings. The van der Waals surface area contributed by atoms with Gasteiger partial charge in [0.2, 0.25) is 0 Å². The zero-order valence-electron chi connectivity index (χ0n) is 13.5. The third-order valence-corrected chi connectivity index (χ3v) is 4.52. The van der Waals surface area contributed by atoms with E-state index >= 15 is 0 Å². The second kappa shape index (κ2) is 6.09. The van der Waals surface area contributed by atoms with E-state index in [1.807, 2.05) is 24.4 Å². The van der Waals surface area contributed by atoms with Gasteiger partial charge in [-0.3, -0.25) is 9.88 Å². The number of pyridine rings is 1. The van der Waals surface area contributed by atoms with Gasteiger partial charge in [-0.1, -0.05) is 6.07 Å². The van der Waals surface area contributed by atoms with Crippen LogP contribution in [0.3, 0.4) is 0 Å². The molecule has 4 rings (SSSR count). The highest BCUT2D eigenvalue weighted by Crippen LogP contribution is 2.28. The van der Waals surface area contributed by atoms with E-state index in [0.717, 1.165) is 41.6 Å². The van der Waals surface area contributed by atoms with Crippen LogP contribution in [-0.2, 0) is 19.5 Å². The van der Waals surface area contributed by atoms with Crippen LogP contribution in [0.4, 0.5) is 0 Å². The Balaban J connectivity index is 1.69. The van der Waals surface area contributed by atoms with Crippen LogP contribution in [-0.4, -0.2) is 23.5 Å². The first-order chi connectivity index (χ1) is 11.7. The van der Waals surface area contributed by atoms with Gasteiger partial charge in [0, 0.05) is 43.5 Å². The van der Waals surface area contributed by atoms with E-state index < -0.39 is 0 Å². The number of aromatic nitrogens is 1. The van der Waals surface area contributed by atoms with Crippen LogP contribution in [0.2, 0.25) is 0 Å². The van der Waals surface area contributed by atoms with E-state index in [0.29, 0.717) is 17.9 Å². The Hall–Kier alpha value is -2.66. The number of hydrogen-bond donors (Lipinski definition) is 0. The highest BCUT2D eigenvalue weighted by atomic mass is 16.5. The SMILES string of the molecule is COc1ccc2c3c(c(=O)oc2c1)CN(Cc1cccnc1)CC3. The molecule has 0 saturated carbocycles. The largest absolute Gasteiger partial charge is 0.497 e. The summed E-state index contributed by atoms with van der Waals surface area (Å²) in [4.78, 5) is 18.8. The summed E-state index contributed by atoms with van der Waals surface area (Å²) in [6.45, 7) is 2.30. The molecule has 1 aliphatic rings. The van der Waals surface area contributed by atoms with Crippen molar-refractivity contribution in [2.45, 2.75) is 19.5 Å². The van der Waals surface area contributed by atoms with Crippen LogP contribution in [0, 0.1) is 0 Å². The quantitative estimate of drug-likeness (QED) is 0.694. The van der Waals surface area contributed by atoms with Gasteiger partial charge < -0.3 is 9.15 Å². The lowest BCUT2D eigenvalue weighted by molar-refractivity contribution is 0.241. The average Bonchev–Trinajstić information content (AvgIpc) is 2.62. The Morgan fingerprint density at radius 1 is 1.29 bits per heavy atom. The van der Waals surface area contributed by atoms with Crippen molar-refractivity contribution in [1.82, 2.24) is 9.88 Å². The van der Waals surface area contributed by atoms with Gasteiger partial charge in [0.25, 0.3) is 0 Å². The number of hydrogen-bond acceptors (Lipinski definition) is 5. The van der Waals surface area contributed by atoms with E-state index in [1.165, 1.54) is 0 Å². The fourth-order valence-electron chi connectivity index (χ4n) is 3.31. The van der Waals surface area contributed by atoms with Crippen molar-refractivity contribution < 1.29 is 9.15 Å². The number of ether oxygens (including phenoxy) is 1. The van der Waals surface area contributed by atoms with Crippen LogP contribution in [0.15, 0.2) is 51.9 Å². The van der Waals surface area contributed by atoms with E-state index in [1.54, 1.807) is 19.4 Å². The van der Waals surface area contributed by atoms with Crippen LogP contribution < -0.4 is 10.4 Å². The normalized spacial score (nSPS) is 14.5. The molecule has 0 bridgehead atoms. The molecule has 122 valence electrons. The number of benzene rings is 1. The van der Waals surface area contributed by atoms with Crippen molar-refractivity contribution >= 4 is 11.0 Å². The molecule has 5 nitrogen and oxygen atoms in total. The Kier molecular flexibility index (Phi) is 3.78. The molecule has 1 aromatic carbocycles. The summed E-state index contributed by atoms with van der Waals surface area (Å²) in [6.07, 6.45) is 4.47. The van der Waals surface area contributed by atoms with E-state index in [2.05, 4.69) is 16.0 Å². The molecule has 0 spiro atoms. The fourth-order valence-corrected chi connectivity index (χ4v) is 3.31. The minimum atomic E-state index is -0.248. The van der Waals surface area contributed by atoms with Gasteiger partial charge in [0.15, 0.2) is 0 Å². The molecule has 3 heterocycles. The van der Waals surface area contributed by atoms with Gasteiger partial charge in [-0.25, -0.2) is 4.79 Å². The zero-order chi connectivity index (χ0) is 16.5. The molecule has 0 saturated heterocycles. The molecule has 1 aliphatic heterocycles. The van der Waals surface area contributed by atoms with Crippen molar-refractivity contribution in [3.8, 4) is 5.75 Å². The highest BCUT2D eigenvalue weighted by Gasteiger charge is 2.23. The van der Waals surface area contributed by atoms with E-state index in [4.69, 9.17) is 9.15 Å². The van der Waals surface area contributed by atoms with Gasteiger partial charge in [0.05, 0.1) is 12.7 Å². The van der Waals surface area contributed by atoms with Crippen molar-refractivity contribution in [3.05, 3.63) is 69.8 Å². The molecule has 2 aromatic heterocycles. The van der Waals surface area contributed by atoms with Crippen molar-refractivity contribution in [2.75, 3.05) is 13.7 Å². The second-order valence-corrected chi connectivity index (χ2v) is 6.03. The minimum absolute atomic E-state index is 0.248. The summed E-state index contributed by atoms with van der Waals surface area (Å²) in [5, 5.41) is 1.01. The number of rotatable bonds is 3. The second-order valence-electron chi connectivity index (χ2n) is 6.03. The Labute approximate surface area is 139 Å². The lowest BCUT2D eigenvalue weighted by atomic mass is 9.97. The van der Waals surface area contributed by atoms with Crippen LogP contribution >= 0.6 is 0 Å². The van der Waals surface area contributed by atoms with Crippen molar-refractivity contribution in [2.24, 2.45) is 0 Å². The van der Waals surface area contributed by atoms with E-state index in [-0.39, 0.29) is 5.63 Å². The number of methoxy groups -OCH3 is 1. The summed E-state index contributed by atoms with van der Waals surface area (Å²) < 4.78 is 10.7. The monoisotopic (exact) mass is 322 g/mol. The first-order valence-corrected chi connectivity index (χ1v) is 7.98. The topological polar surface area (TPSA) is 55.6 Å². The number of nitrogens with zero attached hydrogens (tertiary/aromatic N) is 2. The highest BCUT2D eigenvalue weighted by molar-refractivity contribution is 5.82. The van der Waals surface area contributed by atoms with Gasteiger partial charge in [0.1, 0.15) is 11.3 Å². The first kappa shape index (κ1) is 14.9. The molecule has 5 heteroatoms. The summed E-state index contributed by atoms with van der Waals surface area (Å²) in [7, 11) is 1.61. The van der Waals surface area contributed by atoms with Gasteiger partial charge in [-0.05, 0) is 35.7 Å². The molecule has 0 radical (unpaired) electrons. The molecule has 0 aliphatic carbocycles. The molecule has 24 heavy (non-hydrogen) atoms. The Bertz CT molecular complexity index is 934. The molecular formula is C19H18N2O3. The predicted molar refractivity (Wildman–Crippen MR) is 91.1 cm³/mol. The maximum absolute atomic E-state index is 12.4. The molecule has 0 amide bonds. The smallest absolute Gasteiger partial charge is 0.341 e.